The highest BCUT2D eigenvalue weighted by molar-refractivity contribution is 6.46. The maximum atomic E-state index is 13.2. The van der Waals surface area contributed by atoms with Gasteiger partial charge in [-0.2, -0.15) is 0 Å². The molecule has 4 rings (SSSR count). The Hall–Kier alpha value is -3.78. The molecule has 1 unspecified atom stereocenters. The van der Waals surface area contributed by atoms with Crippen LogP contribution in [-0.2, 0) is 16.1 Å². The van der Waals surface area contributed by atoms with Crippen molar-refractivity contribution in [3.63, 3.8) is 0 Å². The Labute approximate surface area is 214 Å². The van der Waals surface area contributed by atoms with Crippen LogP contribution < -0.4 is 14.0 Å². The molecule has 2 N–H and O–H groups in total. The summed E-state index contributed by atoms with van der Waals surface area (Å²) in [5.74, 6) is -0.572. The third-order valence-electron chi connectivity index (χ3n) is 6.04. The van der Waals surface area contributed by atoms with E-state index in [1.165, 1.54) is 12.0 Å². The normalized spacial score (nSPS) is 17.0. The summed E-state index contributed by atoms with van der Waals surface area (Å²) in [5, 5.41) is 11.7. The lowest BCUT2D eigenvalue weighted by Crippen LogP contribution is -2.36. The van der Waals surface area contributed by atoms with Gasteiger partial charge in [-0.3, -0.25) is 14.6 Å². The Balaban J connectivity index is 1.75. The van der Waals surface area contributed by atoms with Crippen molar-refractivity contribution in [2.24, 2.45) is 0 Å². The van der Waals surface area contributed by atoms with E-state index in [-0.39, 0.29) is 11.3 Å². The van der Waals surface area contributed by atoms with Gasteiger partial charge < -0.3 is 19.5 Å². The number of nitrogens with one attached hydrogen (secondary N) is 1. The van der Waals surface area contributed by atoms with Gasteiger partial charge in [0.1, 0.15) is 18.2 Å². The van der Waals surface area contributed by atoms with Gasteiger partial charge in [0.25, 0.3) is 11.7 Å². The molecule has 188 valence electrons. The molecule has 1 fully saturated rings. The molecule has 0 spiro atoms. The Morgan fingerprint density at radius 1 is 1.17 bits per heavy atom. The van der Waals surface area contributed by atoms with Crippen molar-refractivity contribution in [1.82, 2.24) is 9.88 Å². The number of ether oxygens (including phenoxy) is 2. The van der Waals surface area contributed by atoms with Gasteiger partial charge in [-0.05, 0) is 48.4 Å². The van der Waals surface area contributed by atoms with E-state index < -0.39 is 17.7 Å². The molecule has 9 heteroatoms. The summed E-state index contributed by atoms with van der Waals surface area (Å²) in [6, 6.07) is 11.0. The van der Waals surface area contributed by atoms with E-state index >= 15 is 0 Å². The number of aliphatic hydroxyl groups is 1. The monoisotopic (exact) mass is 510 g/mol. The van der Waals surface area contributed by atoms with Crippen LogP contribution in [0.2, 0.25) is 5.02 Å². The van der Waals surface area contributed by atoms with Crippen LogP contribution in [-0.4, -0.2) is 46.9 Å². The Bertz CT molecular complexity index is 1250. The second-order valence-electron chi connectivity index (χ2n) is 8.46. The number of hydrogen-bond donors (Lipinski definition) is 2. The topological polar surface area (TPSA) is 95.7 Å². The lowest BCUT2D eigenvalue weighted by Gasteiger charge is -2.26. The van der Waals surface area contributed by atoms with Gasteiger partial charge in [-0.25, -0.2) is 4.57 Å². The van der Waals surface area contributed by atoms with Crippen LogP contribution in [0.5, 0.6) is 11.5 Å². The molecule has 1 aliphatic rings. The van der Waals surface area contributed by atoms with Crippen molar-refractivity contribution in [3.05, 3.63) is 82.9 Å². The molecule has 1 aromatic heterocycles. The second kappa shape index (κ2) is 11.3. The second-order valence-corrected chi connectivity index (χ2v) is 8.90. The van der Waals surface area contributed by atoms with Gasteiger partial charge >= 0.3 is 0 Å². The number of carbonyl (C=O) groups excluding carboxylic acids is 2. The number of aromatic amines is 1. The lowest BCUT2D eigenvalue weighted by molar-refractivity contribution is -0.695. The minimum atomic E-state index is -0.786. The zero-order valence-electron chi connectivity index (χ0n) is 20.2. The summed E-state index contributed by atoms with van der Waals surface area (Å²) in [7, 11) is 1.54. The minimum Gasteiger partial charge on any atom is -0.507 e. The number of H-pyrrole nitrogens is 1. The molecule has 1 saturated heterocycles. The van der Waals surface area contributed by atoms with Crippen molar-refractivity contribution in [2.75, 3.05) is 20.3 Å². The number of ketones is 1. The Kier molecular flexibility index (Phi) is 7.95. The molecular weight excluding hydrogens is 482 g/mol. The molecule has 3 aromatic rings. The third-order valence-corrected chi connectivity index (χ3v) is 6.29. The molecule has 8 nitrogen and oxygen atoms in total. The first kappa shape index (κ1) is 25.3. The first-order chi connectivity index (χ1) is 17.4. The zero-order chi connectivity index (χ0) is 25.7. The molecule has 2 aromatic carbocycles. The predicted octanol–water partition coefficient (Wildman–Crippen LogP) is 4.27. The smallest absolute Gasteiger partial charge is 0.295 e. The Morgan fingerprint density at radius 3 is 2.61 bits per heavy atom. The molecule has 36 heavy (non-hydrogen) atoms. The van der Waals surface area contributed by atoms with Crippen molar-refractivity contribution in [1.29, 1.82) is 0 Å². The van der Waals surface area contributed by atoms with Crippen LogP contribution in [0.15, 0.2) is 66.8 Å². The number of aromatic nitrogens is 2. The number of aryl methyl sites for hydroxylation is 1. The van der Waals surface area contributed by atoms with Gasteiger partial charge in [0.15, 0.2) is 11.5 Å². The highest BCUT2D eigenvalue weighted by Crippen LogP contribution is 2.42. The quantitative estimate of drug-likeness (QED) is 0.184. The van der Waals surface area contributed by atoms with E-state index in [4.69, 9.17) is 21.1 Å². The number of benzene rings is 2. The number of likely N-dealkylation sites (tertiary alicyclic amines) is 1. The molecular formula is C27H29ClN3O5+. The summed E-state index contributed by atoms with van der Waals surface area (Å²) >= 11 is 6.00. The molecule has 0 radical (unpaired) electrons. The van der Waals surface area contributed by atoms with E-state index in [2.05, 4.69) is 4.98 Å². The Morgan fingerprint density at radius 2 is 1.94 bits per heavy atom. The summed E-state index contributed by atoms with van der Waals surface area (Å²) < 4.78 is 13.3. The molecule has 1 amide bonds. The summed E-state index contributed by atoms with van der Waals surface area (Å²) in [6.07, 6.45) is 6.98. The fraction of sp³-hybridized carbons (Fsp3) is 0.296. The predicted molar refractivity (Wildman–Crippen MR) is 135 cm³/mol. The third kappa shape index (κ3) is 5.23. The first-order valence-electron chi connectivity index (χ1n) is 11.8. The summed E-state index contributed by atoms with van der Waals surface area (Å²) in [4.78, 5) is 30.9. The highest BCUT2D eigenvalue weighted by atomic mass is 35.5. The maximum absolute atomic E-state index is 13.2. The number of amides is 1. The fourth-order valence-electron chi connectivity index (χ4n) is 4.29. The number of rotatable bonds is 10. The van der Waals surface area contributed by atoms with Crippen molar-refractivity contribution < 1.29 is 28.7 Å². The lowest BCUT2D eigenvalue weighted by atomic mass is 9.95. The number of imidazole rings is 1. The van der Waals surface area contributed by atoms with Gasteiger partial charge in [0, 0.05) is 23.6 Å². The van der Waals surface area contributed by atoms with Crippen LogP contribution in [0.3, 0.4) is 0 Å². The standard InChI is InChI=1S/C27H28ClN3O5/c1-3-15-36-21-10-7-19(16-22(21)35-2)24-23(25(32)18-5-8-20(28)9-6-18)26(33)27(34)31(24)13-4-12-30-14-11-29-17-30/h5-11,14,16-17,24H,3-4,12-13,15H2,1-2H3,(H,32,33)/p+1. The molecule has 2 heterocycles. The van der Waals surface area contributed by atoms with Crippen LogP contribution >= 0.6 is 11.6 Å². The van der Waals surface area contributed by atoms with Gasteiger partial charge in [0.2, 0.25) is 6.33 Å². The largest absolute Gasteiger partial charge is 0.507 e. The molecule has 0 aliphatic carbocycles. The van der Waals surface area contributed by atoms with Gasteiger partial charge in [-0.15, -0.1) is 0 Å². The van der Waals surface area contributed by atoms with Gasteiger partial charge in [-0.1, -0.05) is 24.6 Å². The fourth-order valence-corrected chi connectivity index (χ4v) is 4.42. The number of halogens is 1. The maximum Gasteiger partial charge on any atom is 0.295 e. The average Bonchev–Trinajstić information content (AvgIpc) is 3.49. The van der Waals surface area contributed by atoms with Crippen molar-refractivity contribution >= 4 is 29.1 Å². The van der Waals surface area contributed by atoms with E-state index in [1.807, 2.05) is 30.2 Å². The zero-order valence-corrected chi connectivity index (χ0v) is 21.0. The molecule has 1 atom stereocenters. The SMILES string of the molecule is CCCOc1ccc(C2C(=C(O)c3ccc(Cl)cc3)C(=O)C(=O)N2CCC[n+]2cc[nH]c2)cc1OC. The number of Topliss-reactive ketones (excluding diaryl/α,β-unsaturated/α-hetero) is 1. The molecule has 0 saturated carbocycles. The first-order valence-corrected chi connectivity index (χ1v) is 12.2. The minimum absolute atomic E-state index is 0.0286. The van der Waals surface area contributed by atoms with E-state index in [0.717, 1.165) is 6.42 Å². The summed E-state index contributed by atoms with van der Waals surface area (Å²) in [5.41, 5.74) is 1.07. The number of methoxy groups -OCH3 is 1. The average molecular weight is 511 g/mol. The van der Waals surface area contributed by atoms with E-state index in [0.29, 0.717) is 53.8 Å². The van der Waals surface area contributed by atoms with Crippen LogP contribution in [0.25, 0.3) is 5.76 Å². The number of aliphatic hydroxyl groups excluding tert-OH is 1. The number of hydrogen-bond acceptors (Lipinski definition) is 5. The van der Waals surface area contributed by atoms with Crippen LogP contribution in [0.4, 0.5) is 0 Å². The highest BCUT2D eigenvalue weighted by Gasteiger charge is 2.46. The number of carbonyl (C=O) groups is 2. The van der Waals surface area contributed by atoms with Gasteiger partial charge in [0.05, 0.1) is 31.9 Å². The molecule has 0 bridgehead atoms. The summed E-state index contributed by atoms with van der Waals surface area (Å²) in [6.45, 7) is 3.52. The van der Waals surface area contributed by atoms with E-state index in [9.17, 15) is 14.7 Å². The van der Waals surface area contributed by atoms with Crippen molar-refractivity contribution in [2.45, 2.75) is 32.4 Å². The molecule has 1 aliphatic heterocycles. The van der Waals surface area contributed by atoms with Crippen molar-refractivity contribution in [3.8, 4) is 11.5 Å². The van der Waals surface area contributed by atoms with Crippen LogP contribution in [0.1, 0.15) is 36.9 Å². The van der Waals surface area contributed by atoms with Crippen LogP contribution in [0, 0.1) is 0 Å². The number of nitrogens with zero attached hydrogens (tertiary/aromatic N) is 2. The van der Waals surface area contributed by atoms with E-state index in [1.54, 1.807) is 42.5 Å².